The van der Waals surface area contributed by atoms with Gasteiger partial charge in [0.15, 0.2) is 0 Å². The molecule has 0 bridgehead atoms. The molecule has 7 atom stereocenters. The number of carbonyl (C=O) groups is 2. The third kappa shape index (κ3) is 11.8. The lowest BCUT2D eigenvalue weighted by Crippen LogP contribution is -2.47. The zero-order valence-corrected chi connectivity index (χ0v) is 36.0. The van der Waals surface area contributed by atoms with E-state index in [1.165, 1.54) is 12.7 Å². The molecule has 2 aromatic heterocycles. The molecule has 0 aliphatic carbocycles. The summed E-state index contributed by atoms with van der Waals surface area (Å²) >= 11 is 0. The molecule has 328 valence electrons. The van der Waals surface area contributed by atoms with E-state index in [0.29, 0.717) is 56.1 Å². The predicted octanol–water partition coefficient (Wildman–Crippen LogP) is 4.37. The zero-order chi connectivity index (χ0) is 42.2. The molecule has 4 saturated heterocycles. The van der Waals surface area contributed by atoms with Crippen LogP contribution in [-0.4, -0.2) is 113 Å². The Morgan fingerprint density at radius 3 is 2.30 bits per heavy atom. The van der Waals surface area contributed by atoms with Gasteiger partial charge in [0.25, 0.3) is 0 Å². The van der Waals surface area contributed by atoms with Crippen molar-refractivity contribution in [2.45, 2.75) is 108 Å². The molecule has 61 heavy (non-hydrogen) atoms. The molecule has 0 saturated carbocycles. The molecular formula is C45H64N12O4. The molecule has 8 heterocycles. The average molecular weight is 837 g/mol. The van der Waals surface area contributed by atoms with Gasteiger partial charge in [-0.3, -0.25) is 19.6 Å². The lowest BCUT2D eigenvalue weighted by atomic mass is 9.81. The van der Waals surface area contributed by atoms with Crippen molar-refractivity contribution in [1.82, 2.24) is 41.2 Å². The molecule has 0 aromatic carbocycles. The maximum atomic E-state index is 13.0. The Hall–Kier alpha value is -4.64. The third-order valence-electron chi connectivity index (χ3n) is 13.0. The highest BCUT2D eigenvalue weighted by molar-refractivity contribution is 6.01. The van der Waals surface area contributed by atoms with Crippen molar-refractivity contribution in [3.05, 3.63) is 54.5 Å². The highest BCUT2D eigenvalue weighted by Gasteiger charge is 2.37. The number of piperidine rings is 1. The van der Waals surface area contributed by atoms with E-state index in [-0.39, 0.29) is 46.8 Å². The number of ether oxygens (including phenoxy) is 2. The molecule has 0 radical (unpaired) electrons. The van der Waals surface area contributed by atoms with Gasteiger partial charge in [-0.25, -0.2) is 19.9 Å². The molecule has 0 spiro atoms. The van der Waals surface area contributed by atoms with E-state index >= 15 is 0 Å². The molecule has 2 amide bonds. The highest BCUT2D eigenvalue weighted by atomic mass is 16.5. The fourth-order valence-electron chi connectivity index (χ4n) is 9.79. The highest BCUT2D eigenvalue weighted by Crippen LogP contribution is 2.36. The second-order valence-corrected chi connectivity index (χ2v) is 18.7. The molecule has 4 fully saturated rings. The third-order valence-corrected chi connectivity index (χ3v) is 13.0. The number of carbonyl (C=O) groups excluding carboxylic acids is 2. The quantitative estimate of drug-likeness (QED) is 0.177. The fourth-order valence-corrected chi connectivity index (χ4v) is 9.79. The lowest BCUT2D eigenvalue weighted by Gasteiger charge is -2.41. The first-order valence-electron chi connectivity index (χ1n) is 22.5. The molecule has 2 aromatic rings. The van der Waals surface area contributed by atoms with Crippen LogP contribution in [0.15, 0.2) is 53.1 Å². The summed E-state index contributed by atoms with van der Waals surface area (Å²) in [6.45, 7) is 12.6. The Labute approximate surface area is 359 Å². The van der Waals surface area contributed by atoms with Crippen LogP contribution in [0.2, 0.25) is 0 Å². The Kier molecular flexibility index (Phi) is 13.8. The summed E-state index contributed by atoms with van der Waals surface area (Å²) < 4.78 is 12.6. The van der Waals surface area contributed by atoms with E-state index in [2.05, 4.69) is 84.8 Å². The largest absolute Gasteiger partial charge is 0.376 e. The normalized spacial score (nSPS) is 31.5. The Morgan fingerprint density at radius 2 is 1.54 bits per heavy atom. The molecule has 5 unspecified atom stereocenters. The summed E-state index contributed by atoms with van der Waals surface area (Å²) in [5, 5.41) is 19.8. The van der Waals surface area contributed by atoms with Crippen molar-refractivity contribution >= 4 is 40.7 Å². The SMILES string of the molecule is CC1(C)CC(CN=C2C=C(c3cc(NC(=O)[C@@H]4CCNC4)ncn3)CC(CC3(C)CC(CN=C4CC(c5cc(NC(=O)[C@@H]6CCCNC6)ncn5)C=CN4)CCO3)N2)CCO1. The topological polar surface area (TPSA) is 201 Å². The number of aromatic nitrogens is 4. The summed E-state index contributed by atoms with van der Waals surface area (Å²) in [7, 11) is 0. The number of allylic oxidation sites excluding steroid dienone is 1. The van der Waals surface area contributed by atoms with Crippen molar-refractivity contribution in [3.63, 3.8) is 0 Å². The first-order chi connectivity index (χ1) is 29.5. The maximum absolute atomic E-state index is 13.0. The van der Waals surface area contributed by atoms with Gasteiger partial charge in [-0.15, -0.1) is 0 Å². The van der Waals surface area contributed by atoms with Crippen LogP contribution in [0.5, 0.6) is 0 Å². The minimum atomic E-state index is -0.364. The van der Waals surface area contributed by atoms with Gasteiger partial charge in [0.2, 0.25) is 11.8 Å². The molecule has 8 rings (SSSR count). The van der Waals surface area contributed by atoms with Gasteiger partial charge < -0.3 is 41.4 Å². The van der Waals surface area contributed by atoms with Gasteiger partial charge in [-0.05, 0) is 121 Å². The number of aliphatic imine (C=N–C) groups is 2. The van der Waals surface area contributed by atoms with Crippen molar-refractivity contribution in [2.75, 3.05) is 63.1 Å². The van der Waals surface area contributed by atoms with Crippen molar-refractivity contribution in [3.8, 4) is 0 Å². The van der Waals surface area contributed by atoms with E-state index in [4.69, 9.17) is 19.5 Å². The average Bonchev–Trinajstić information content (AvgIpc) is 3.81. The Bertz CT molecular complexity index is 1990. The number of amides is 2. The van der Waals surface area contributed by atoms with Crippen LogP contribution in [0.4, 0.5) is 11.6 Å². The smallest absolute Gasteiger partial charge is 0.229 e. The standard InChI is InChI=1S/C45H64N12O4/c1-44(2)20-29(8-13-60-44)23-50-39-17-34(37-19-41(54-28-52-37)57-43(59)33-6-11-47-26-33)15-35(55-39)22-45(3)21-30(9-14-61-45)24-49-38-16-31(7-12-48-38)36-18-40(53-27-51-36)56-42(58)32-5-4-10-46-25-32/h7,12,17-19,27-33,35,46-47H,4-6,8-11,13-16,20-26H2,1-3H3,(H,48,49)(H,50,55)(H,51,53,56,58)(H,52,54,57,59)/t29?,30?,31?,32-,33-,35?,45?/m1/s1. The second-order valence-electron chi connectivity index (χ2n) is 18.7. The zero-order valence-electron chi connectivity index (χ0n) is 36.0. The van der Waals surface area contributed by atoms with Gasteiger partial charge in [0.1, 0.15) is 36.0 Å². The summed E-state index contributed by atoms with van der Waals surface area (Å²) in [4.78, 5) is 54.1. The number of nitrogens with one attached hydrogen (secondary N) is 6. The van der Waals surface area contributed by atoms with E-state index in [9.17, 15) is 9.59 Å². The van der Waals surface area contributed by atoms with Gasteiger partial charge in [0, 0.05) is 69.9 Å². The van der Waals surface area contributed by atoms with Gasteiger partial charge in [0.05, 0.1) is 34.4 Å². The van der Waals surface area contributed by atoms with E-state index in [1.807, 2.05) is 18.3 Å². The maximum Gasteiger partial charge on any atom is 0.229 e. The molecule has 6 aliphatic rings. The van der Waals surface area contributed by atoms with Gasteiger partial charge in [-0.2, -0.15) is 0 Å². The van der Waals surface area contributed by atoms with Crippen LogP contribution in [0.3, 0.4) is 0 Å². The van der Waals surface area contributed by atoms with Crippen LogP contribution in [0, 0.1) is 23.7 Å². The summed E-state index contributed by atoms with van der Waals surface area (Å²) in [5.74, 6) is 3.54. The Balaban J connectivity index is 0.908. The lowest BCUT2D eigenvalue weighted by molar-refractivity contribution is -0.120. The number of rotatable bonds is 12. The van der Waals surface area contributed by atoms with Crippen LogP contribution < -0.4 is 31.9 Å². The van der Waals surface area contributed by atoms with Crippen molar-refractivity contribution in [1.29, 1.82) is 0 Å². The number of nitrogens with zero attached hydrogens (tertiary/aromatic N) is 6. The number of anilines is 2. The molecule has 16 nitrogen and oxygen atoms in total. The fraction of sp³-hybridized carbons (Fsp3) is 0.644. The van der Waals surface area contributed by atoms with Gasteiger partial charge >= 0.3 is 0 Å². The number of amidine groups is 2. The monoisotopic (exact) mass is 837 g/mol. The minimum absolute atomic E-state index is 0.00168. The van der Waals surface area contributed by atoms with Crippen LogP contribution in [0.25, 0.3) is 5.57 Å². The van der Waals surface area contributed by atoms with Crippen LogP contribution >= 0.6 is 0 Å². The van der Waals surface area contributed by atoms with Crippen molar-refractivity contribution < 1.29 is 19.1 Å². The van der Waals surface area contributed by atoms with Crippen LogP contribution in [-0.2, 0) is 19.1 Å². The summed E-state index contributed by atoms with van der Waals surface area (Å²) in [5.41, 5.74) is 2.20. The first-order valence-corrected chi connectivity index (χ1v) is 22.5. The predicted molar refractivity (Wildman–Crippen MR) is 236 cm³/mol. The number of hydrogen-bond donors (Lipinski definition) is 6. The van der Waals surface area contributed by atoms with Crippen LogP contribution in [0.1, 0.15) is 102 Å². The molecule has 16 heteroatoms. The summed E-state index contributed by atoms with van der Waals surface area (Å²) in [6, 6.07) is 3.83. The minimum Gasteiger partial charge on any atom is -0.376 e. The molecule has 6 aliphatic heterocycles. The molecule has 6 N–H and O–H groups in total. The number of hydrogen-bond acceptors (Lipinski definition) is 12. The summed E-state index contributed by atoms with van der Waals surface area (Å²) in [6.07, 6.45) is 17.9. The molecular weight excluding hydrogens is 773 g/mol. The van der Waals surface area contributed by atoms with Gasteiger partial charge in [-0.1, -0.05) is 6.08 Å². The first kappa shape index (κ1) is 43.0. The Morgan fingerprint density at radius 1 is 0.820 bits per heavy atom. The van der Waals surface area contributed by atoms with E-state index in [0.717, 1.165) is 113 Å². The second kappa shape index (κ2) is 19.6. The van der Waals surface area contributed by atoms with Crippen molar-refractivity contribution in [2.24, 2.45) is 33.7 Å². The van der Waals surface area contributed by atoms with E-state index < -0.39 is 0 Å². The van der Waals surface area contributed by atoms with E-state index in [1.54, 1.807) is 0 Å².